The number of carbonyl (C=O) groups excluding carboxylic acids is 1. The molecule has 23 heavy (non-hydrogen) atoms. The topological polar surface area (TPSA) is 45.5 Å². The third-order valence-electron chi connectivity index (χ3n) is 4.09. The molecule has 1 fully saturated rings. The van der Waals surface area contributed by atoms with E-state index < -0.39 is 0 Å². The molecule has 0 unspecified atom stereocenters. The third kappa shape index (κ3) is 4.15. The molecule has 0 radical (unpaired) electrons. The molecule has 1 aromatic heterocycles. The van der Waals surface area contributed by atoms with Gasteiger partial charge in [-0.05, 0) is 37.1 Å². The summed E-state index contributed by atoms with van der Waals surface area (Å²) in [7, 11) is 0. The van der Waals surface area contributed by atoms with Gasteiger partial charge in [0, 0.05) is 25.2 Å². The second-order valence-corrected chi connectivity index (χ2v) is 5.61. The first-order valence-corrected chi connectivity index (χ1v) is 7.97. The lowest BCUT2D eigenvalue weighted by atomic mass is 10.1. The smallest absolute Gasteiger partial charge is 0.289 e. The maximum atomic E-state index is 12.5. The van der Waals surface area contributed by atoms with Crippen molar-refractivity contribution in [3.63, 3.8) is 0 Å². The highest BCUT2D eigenvalue weighted by atomic mass is 35.5. The highest BCUT2D eigenvalue weighted by Gasteiger charge is 2.20. The minimum atomic E-state index is -0.0138. The number of nitrogens with one attached hydrogen (secondary N) is 1. The Morgan fingerprint density at radius 2 is 1.91 bits per heavy atom. The van der Waals surface area contributed by atoms with E-state index in [9.17, 15) is 4.79 Å². The van der Waals surface area contributed by atoms with Gasteiger partial charge in [0.1, 0.15) is 5.76 Å². The number of furan rings is 1. The molecule has 2 aromatic rings. The molecule has 1 aliphatic rings. The summed E-state index contributed by atoms with van der Waals surface area (Å²) >= 11 is 0. The third-order valence-corrected chi connectivity index (χ3v) is 4.09. The van der Waals surface area contributed by atoms with Crippen LogP contribution in [-0.2, 0) is 6.42 Å². The van der Waals surface area contributed by atoms with Crippen molar-refractivity contribution in [2.75, 3.05) is 26.2 Å². The first-order valence-electron chi connectivity index (χ1n) is 7.97. The van der Waals surface area contributed by atoms with Gasteiger partial charge in [-0.1, -0.05) is 31.2 Å². The summed E-state index contributed by atoms with van der Waals surface area (Å²) in [6.45, 7) is 5.47. The van der Waals surface area contributed by atoms with E-state index >= 15 is 0 Å². The highest BCUT2D eigenvalue weighted by Crippen LogP contribution is 2.23. The quantitative estimate of drug-likeness (QED) is 0.936. The lowest BCUT2D eigenvalue weighted by molar-refractivity contribution is 0.0735. The van der Waals surface area contributed by atoms with Gasteiger partial charge < -0.3 is 14.6 Å². The normalized spacial score (nSPS) is 14.9. The van der Waals surface area contributed by atoms with Gasteiger partial charge in [-0.15, -0.1) is 12.4 Å². The Morgan fingerprint density at radius 1 is 1.13 bits per heavy atom. The summed E-state index contributed by atoms with van der Waals surface area (Å²) in [5.74, 6) is 1.16. The van der Waals surface area contributed by atoms with Crippen molar-refractivity contribution >= 4 is 18.3 Å². The Hall–Kier alpha value is -1.78. The van der Waals surface area contributed by atoms with Gasteiger partial charge in [0.25, 0.3) is 5.91 Å². The number of benzene rings is 1. The van der Waals surface area contributed by atoms with Crippen molar-refractivity contribution in [2.45, 2.75) is 19.8 Å². The van der Waals surface area contributed by atoms with Gasteiger partial charge in [0.15, 0.2) is 5.76 Å². The summed E-state index contributed by atoms with van der Waals surface area (Å²) in [6.07, 6.45) is 2.00. The van der Waals surface area contributed by atoms with Crippen LogP contribution in [0.15, 0.2) is 40.8 Å². The van der Waals surface area contributed by atoms with Crippen molar-refractivity contribution in [2.24, 2.45) is 0 Å². The Bertz CT molecular complexity index is 629. The van der Waals surface area contributed by atoms with Gasteiger partial charge in [0.05, 0.1) is 0 Å². The van der Waals surface area contributed by atoms with Crippen LogP contribution < -0.4 is 5.32 Å². The van der Waals surface area contributed by atoms with Crippen LogP contribution in [-0.4, -0.2) is 37.0 Å². The Balaban J connectivity index is 0.00000192. The molecule has 0 spiro atoms. The first-order chi connectivity index (χ1) is 10.8. The van der Waals surface area contributed by atoms with Crippen molar-refractivity contribution < 1.29 is 9.21 Å². The second-order valence-electron chi connectivity index (χ2n) is 5.61. The van der Waals surface area contributed by atoms with E-state index in [0.29, 0.717) is 5.76 Å². The summed E-state index contributed by atoms with van der Waals surface area (Å²) in [6, 6.07) is 11.9. The average Bonchev–Trinajstić information content (AvgIpc) is 2.90. The van der Waals surface area contributed by atoms with Crippen LogP contribution in [0.5, 0.6) is 0 Å². The fourth-order valence-electron chi connectivity index (χ4n) is 2.72. The molecule has 0 bridgehead atoms. The van der Waals surface area contributed by atoms with E-state index in [2.05, 4.69) is 24.4 Å². The Labute approximate surface area is 143 Å². The predicted molar refractivity (Wildman–Crippen MR) is 94.2 cm³/mol. The molecule has 2 heterocycles. The number of halogens is 1. The number of hydrogen-bond donors (Lipinski definition) is 1. The van der Waals surface area contributed by atoms with Crippen LogP contribution in [0.4, 0.5) is 0 Å². The molecule has 1 saturated heterocycles. The van der Waals surface area contributed by atoms with E-state index in [0.717, 1.165) is 50.3 Å². The monoisotopic (exact) mass is 334 g/mol. The van der Waals surface area contributed by atoms with Crippen molar-refractivity contribution in [3.8, 4) is 11.3 Å². The molecule has 1 aromatic carbocycles. The first kappa shape index (κ1) is 17.6. The lowest BCUT2D eigenvalue weighted by Crippen LogP contribution is -2.33. The Kier molecular flexibility index (Phi) is 6.25. The van der Waals surface area contributed by atoms with Gasteiger partial charge in [-0.25, -0.2) is 0 Å². The van der Waals surface area contributed by atoms with Crippen LogP contribution in [0.3, 0.4) is 0 Å². The van der Waals surface area contributed by atoms with E-state index in [1.807, 2.05) is 23.1 Å². The molecule has 0 aliphatic carbocycles. The van der Waals surface area contributed by atoms with Crippen LogP contribution in [0, 0.1) is 0 Å². The standard InChI is InChI=1S/C18H22N2O2.ClH/c1-2-14-4-6-15(7-5-14)16-8-9-17(22-16)18(21)20-12-3-10-19-11-13-20;/h4-9,19H,2-3,10-13H2,1H3;1H. The summed E-state index contributed by atoms with van der Waals surface area (Å²) in [4.78, 5) is 14.4. The number of aryl methyl sites for hydroxylation is 1. The van der Waals surface area contributed by atoms with Crippen LogP contribution in [0.25, 0.3) is 11.3 Å². The summed E-state index contributed by atoms with van der Waals surface area (Å²) in [5, 5.41) is 3.30. The zero-order chi connectivity index (χ0) is 15.4. The number of carbonyl (C=O) groups is 1. The van der Waals surface area contributed by atoms with Gasteiger partial charge in [-0.2, -0.15) is 0 Å². The number of nitrogens with zero attached hydrogens (tertiary/aromatic N) is 1. The van der Waals surface area contributed by atoms with E-state index in [4.69, 9.17) is 4.42 Å². The molecule has 5 heteroatoms. The number of hydrogen-bond acceptors (Lipinski definition) is 3. The number of amides is 1. The lowest BCUT2D eigenvalue weighted by Gasteiger charge is -2.18. The second kappa shape index (κ2) is 8.18. The zero-order valence-corrected chi connectivity index (χ0v) is 14.2. The van der Waals surface area contributed by atoms with Crippen LogP contribution >= 0.6 is 12.4 Å². The maximum absolute atomic E-state index is 12.5. The SMILES string of the molecule is CCc1ccc(-c2ccc(C(=O)N3CCCNCC3)o2)cc1.Cl. The van der Waals surface area contributed by atoms with E-state index in [1.165, 1.54) is 5.56 Å². The summed E-state index contributed by atoms with van der Waals surface area (Å²) in [5.41, 5.74) is 2.30. The van der Waals surface area contributed by atoms with E-state index in [-0.39, 0.29) is 18.3 Å². The van der Waals surface area contributed by atoms with Gasteiger partial charge in [0.2, 0.25) is 0 Å². The molecule has 3 rings (SSSR count). The molecule has 1 aliphatic heterocycles. The molecular weight excluding hydrogens is 312 g/mol. The minimum Gasteiger partial charge on any atom is -0.451 e. The number of rotatable bonds is 3. The molecule has 4 nitrogen and oxygen atoms in total. The maximum Gasteiger partial charge on any atom is 0.289 e. The summed E-state index contributed by atoms with van der Waals surface area (Å²) < 4.78 is 5.79. The minimum absolute atomic E-state index is 0. The molecule has 1 amide bonds. The molecule has 0 atom stereocenters. The van der Waals surface area contributed by atoms with Crippen molar-refractivity contribution in [1.82, 2.24) is 10.2 Å². The van der Waals surface area contributed by atoms with Crippen LogP contribution in [0.1, 0.15) is 29.5 Å². The molecule has 1 N–H and O–H groups in total. The highest BCUT2D eigenvalue weighted by molar-refractivity contribution is 5.92. The fourth-order valence-corrected chi connectivity index (χ4v) is 2.72. The zero-order valence-electron chi connectivity index (χ0n) is 13.4. The van der Waals surface area contributed by atoms with Gasteiger partial charge >= 0.3 is 0 Å². The predicted octanol–water partition coefficient (Wildman–Crippen LogP) is 3.37. The van der Waals surface area contributed by atoms with Gasteiger partial charge in [-0.3, -0.25) is 4.79 Å². The largest absolute Gasteiger partial charge is 0.451 e. The van der Waals surface area contributed by atoms with Crippen molar-refractivity contribution in [3.05, 3.63) is 47.7 Å². The average molecular weight is 335 g/mol. The van der Waals surface area contributed by atoms with Crippen LogP contribution in [0.2, 0.25) is 0 Å². The fraction of sp³-hybridized carbons (Fsp3) is 0.389. The Morgan fingerprint density at radius 3 is 2.65 bits per heavy atom. The molecular formula is C18H23ClN2O2. The molecule has 0 saturated carbocycles. The molecule has 124 valence electrons. The van der Waals surface area contributed by atoms with E-state index in [1.54, 1.807) is 6.07 Å². The van der Waals surface area contributed by atoms with Crippen molar-refractivity contribution in [1.29, 1.82) is 0 Å².